The molecule has 116 valence electrons. The van der Waals surface area contributed by atoms with Crippen molar-refractivity contribution in [2.24, 2.45) is 0 Å². The molecule has 0 heterocycles. The van der Waals surface area contributed by atoms with Crippen LogP contribution in [0.4, 0.5) is 13.2 Å². The summed E-state index contributed by atoms with van der Waals surface area (Å²) < 4.78 is 38.4. The van der Waals surface area contributed by atoms with E-state index in [1.807, 2.05) is 0 Å². The van der Waals surface area contributed by atoms with Gasteiger partial charge in [-0.15, -0.1) is 0 Å². The Morgan fingerprint density at radius 1 is 1.33 bits per heavy atom. The fraction of sp³-hybridized carbons (Fsp3) is 0.533. The van der Waals surface area contributed by atoms with Crippen LogP contribution in [0.5, 0.6) is 0 Å². The first-order chi connectivity index (χ1) is 9.87. The van der Waals surface area contributed by atoms with E-state index in [0.29, 0.717) is 24.3 Å². The first-order valence-electron chi connectivity index (χ1n) is 6.93. The van der Waals surface area contributed by atoms with Gasteiger partial charge in [-0.1, -0.05) is 24.6 Å². The van der Waals surface area contributed by atoms with E-state index in [4.69, 9.17) is 0 Å². The lowest BCUT2D eigenvalue weighted by molar-refractivity contribution is -0.137. The quantitative estimate of drug-likeness (QED) is 0.799. The second-order valence-corrected chi connectivity index (χ2v) is 5.91. The maximum atomic E-state index is 12.8. The molecule has 0 atom stereocenters. The molecular weight excluding hydrogens is 299 g/mol. The van der Waals surface area contributed by atoms with E-state index in [1.165, 1.54) is 12.1 Å². The minimum absolute atomic E-state index is 0.108. The third kappa shape index (κ3) is 3.73. The molecule has 0 bridgehead atoms. The molecular formula is C15H18F3NOS. The van der Waals surface area contributed by atoms with Gasteiger partial charge in [-0.3, -0.25) is 4.79 Å². The third-order valence-electron chi connectivity index (χ3n) is 4.08. The van der Waals surface area contributed by atoms with Crippen molar-refractivity contribution in [3.63, 3.8) is 0 Å². The molecule has 1 aliphatic rings. The van der Waals surface area contributed by atoms with Gasteiger partial charge in [0.25, 0.3) is 0 Å². The average molecular weight is 317 g/mol. The zero-order valence-electron chi connectivity index (χ0n) is 11.5. The van der Waals surface area contributed by atoms with Gasteiger partial charge < -0.3 is 5.32 Å². The van der Waals surface area contributed by atoms with Crippen LogP contribution in [0.25, 0.3) is 0 Å². The highest BCUT2D eigenvalue weighted by molar-refractivity contribution is 7.80. The Morgan fingerprint density at radius 3 is 2.57 bits per heavy atom. The lowest BCUT2D eigenvalue weighted by atomic mass is 9.64. The van der Waals surface area contributed by atoms with E-state index in [1.54, 1.807) is 6.07 Å². The molecule has 1 aromatic carbocycles. The van der Waals surface area contributed by atoms with E-state index in [-0.39, 0.29) is 11.3 Å². The van der Waals surface area contributed by atoms with E-state index < -0.39 is 11.7 Å². The molecule has 0 radical (unpaired) electrons. The first-order valence-corrected chi connectivity index (χ1v) is 7.56. The molecule has 1 saturated carbocycles. The Bertz CT molecular complexity index is 512. The number of hydrogen-bond donors (Lipinski definition) is 2. The van der Waals surface area contributed by atoms with Gasteiger partial charge in [-0.25, -0.2) is 0 Å². The number of alkyl halides is 3. The van der Waals surface area contributed by atoms with Crippen LogP contribution in [0.3, 0.4) is 0 Å². The Hall–Kier alpha value is -1.17. The lowest BCUT2D eigenvalue weighted by Gasteiger charge is -2.43. The van der Waals surface area contributed by atoms with Crippen LogP contribution in [0.1, 0.15) is 36.8 Å². The smallest absolute Gasteiger partial charge is 0.355 e. The van der Waals surface area contributed by atoms with E-state index in [0.717, 1.165) is 25.3 Å². The van der Waals surface area contributed by atoms with Crippen molar-refractivity contribution in [2.75, 3.05) is 12.3 Å². The highest BCUT2D eigenvalue weighted by Crippen LogP contribution is 2.44. The second kappa shape index (κ2) is 6.30. The first kappa shape index (κ1) is 16.2. The Balaban J connectivity index is 2.15. The van der Waals surface area contributed by atoms with Crippen molar-refractivity contribution >= 4 is 18.5 Å². The van der Waals surface area contributed by atoms with E-state index in [2.05, 4.69) is 17.9 Å². The minimum Gasteiger partial charge on any atom is -0.355 e. The highest BCUT2D eigenvalue weighted by Gasteiger charge is 2.40. The van der Waals surface area contributed by atoms with Gasteiger partial charge in [-0.2, -0.15) is 25.8 Å². The van der Waals surface area contributed by atoms with Crippen molar-refractivity contribution in [1.82, 2.24) is 5.32 Å². The van der Waals surface area contributed by atoms with Gasteiger partial charge in [-0.05, 0) is 30.2 Å². The maximum Gasteiger partial charge on any atom is 0.416 e. The summed E-state index contributed by atoms with van der Waals surface area (Å²) in [7, 11) is 0. The van der Waals surface area contributed by atoms with Crippen LogP contribution in [-0.2, 0) is 16.4 Å². The second-order valence-electron chi connectivity index (χ2n) is 5.46. The van der Waals surface area contributed by atoms with Gasteiger partial charge in [0.1, 0.15) is 0 Å². The Kier molecular flexibility index (Phi) is 4.86. The summed E-state index contributed by atoms with van der Waals surface area (Å²) in [6, 6.07) is 5.45. The van der Waals surface area contributed by atoms with Gasteiger partial charge >= 0.3 is 6.18 Å². The van der Waals surface area contributed by atoms with Gasteiger partial charge in [0.05, 0.1) is 5.56 Å². The number of amides is 1. The molecule has 0 spiro atoms. The molecule has 6 heteroatoms. The van der Waals surface area contributed by atoms with Gasteiger partial charge in [0, 0.05) is 18.4 Å². The molecule has 0 aromatic heterocycles. The molecule has 1 N–H and O–H groups in total. The molecule has 2 rings (SSSR count). The topological polar surface area (TPSA) is 29.1 Å². The van der Waals surface area contributed by atoms with Crippen LogP contribution in [0.2, 0.25) is 0 Å². The standard InChI is InChI=1S/C15H18F3NOS/c16-15(17,18)12-4-1-3-11(9-12)14(6-2-7-14)10-19-13(20)5-8-21/h1,3-4,9,21H,2,5-8,10H2,(H,19,20). The van der Waals surface area contributed by atoms with E-state index in [9.17, 15) is 18.0 Å². The van der Waals surface area contributed by atoms with Crippen LogP contribution in [0.15, 0.2) is 24.3 Å². The van der Waals surface area contributed by atoms with Crippen molar-refractivity contribution in [3.05, 3.63) is 35.4 Å². The third-order valence-corrected chi connectivity index (χ3v) is 4.30. The summed E-state index contributed by atoms with van der Waals surface area (Å²) in [6.45, 7) is 0.390. The predicted molar refractivity (Wildman–Crippen MR) is 78.5 cm³/mol. The van der Waals surface area contributed by atoms with Gasteiger partial charge in [0.2, 0.25) is 5.91 Å². The molecule has 1 amide bonds. The average Bonchev–Trinajstić information content (AvgIpc) is 2.37. The van der Waals surface area contributed by atoms with Crippen molar-refractivity contribution in [3.8, 4) is 0 Å². The van der Waals surface area contributed by atoms with Crippen LogP contribution < -0.4 is 5.32 Å². The molecule has 1 aliphatic carbocycles. The van der Waals surface area contributed by atoms with Crippen molar-refractivity contribution < 1.29 is 18.0 Å². The number of carbonyl (C=O) groups excluding carboxylic acids is 1. The molecule has 1 fully saturated rings. The normalized spacial score (nSPS) is 17.1. The van der Waals surface area contributed by atoms with E-state index >= 15 is 0 Å². The number of carbonyl (C=O) groups is 1. The summed E-state index contributed by atoms with van der Waals surface area (Å²) in [5.74, 6) is 0.353. The Morgan fingerprint density at radius 2 is 2.05 bits per heavy atom. The summed E-state index contributed by atoms with van der Waals surface area (Å²) in [6.07, 6.45) is -1.44. The van der Waals surface area contributed by atoms with Crippen molar-refractivity contribution in [2.45, 2.75) is 37.3 Å². The largest absolute Gasteiger partial charge is 0.416 e. The lowest BCUT2D eigenvalue weighted by Crippen LogP contribution is -2.45. The molecule has 21 heavy (non-hydrogen) atoms. The minimum atomic E-state index is -4.34. The maximum absolute atomic E-state index is 12.8. The van der Waals surface area contributed by atoms with Crippen LogP contribution >= 0.6 is 12.6 Å². The summed E-state index contributed by atoms with van der Waals surface area (Å²) >= 11 is 3.99. The predicted octanol–water partition coefficient (Wildman–Crippen LogP) is 3.56. The van der Waals surface area contributed by atoms with Crippen LogP contribution in [-0.4, -0.2) is 18.2 Å². The number of nitrogens with one attached hydrogen (secondary N) is 1. The highest BCUT2D eigenvalue weighted by atomic mass is 32.1. The molecule has 2 nitrogen and oxygen atoms in total. The SMILES string of the molecule is O=C(CCS)NCC1(c2cccc(C(F)(F)F)c2)CCC1. The molecule has 0 aliphatic heterocycles. The summed E-state index contributed by atoms with van der Waals surface area (Å²) in [4.78, 5) is 11.5. The number of halogens is 3. The zero-order valence-corrected chi connectivity index (χ0v) is 12.4. The summed E-state index contributed by atoms with van der Waals surface area (Å²) in [5.41, 5.74) is -0.323. The molecule has 1 aromatic rings. The monoisotopic (exact) mass is 317 g/mol. The molecule has 0 saturated heterocycles. The zero-order chi connectivity index (χ0) is 15.5. The fourth-order valence-electron chi connectivity index (χ4n) is 2.65. The van der Waals surface area contributed by atoms with Gasteiger partial charge in [0.15, 0.2) is 0 Å². The Labute approximate surface area is 127 Å². The summed E-state index contributed by atoms with van der Waals surface area (Å²) in [5, 5.41) is 2.81. The number of thiol groups is 1. The number of rotatable bonds is 5. The number of hydrogen-bond acceptors (Lipinski definition) is 2. The van der Waals surface area contributed by atoms with Crippen LogP contribution in [0, 0.1) is 0 Å². The fourth-order valence-corrected chi connectivity index (χ4v) is 2.86. The van der Waals surface area contributed by atoms with Crippen molar-refractivity contribution in [1.29, 1.82) is 0 Å². The molecule has 0 unspecified atom stereocenters. The number of benzene rings is 1.